The second-order valence-electron chi connectivity index (χ2n) is 5.04. The van der Waals surface area contributed by atoms with Crippen LogP contribution in [0.1, 0.15) is 22.1 Å². The van der Waals surface area contributed by atoms with Crippen molar-refractivity contribution in [2.75, 3.05) is 0 Å². The first-order chi connectivity index (χ1) is 9.97. The number of hydrogen-bond donors (Lipinski definition) is 0. The first kappa shape index (κ1) is 14.2. The summed E-state index contributed by atoms with van der Waals surface area (Å²) in [5, 5.41) is 0.234. The molecule has 0 N–H and O–H groups in total. The molecule has 0 bridgehead atoms. The number of benzene rings is 2. The molecule has 0 amide bonds. The van der Waals surface area contributed by atoms with E-state index in [1.54, 1.807) is 13.1 Å². The maximum Gasteiger partial charge on any atom is 0.419 e. The summed E-state index contributed by atoms with van der Waals surface area (Å²) in [6.07, 6.45) is 0. The number of nitrogens with zero attached hydrogens (tertiary/aromatic N) is 1. The molecule has 0 fully saturated rings. The first-order valence-electron chi connectivity index (χ1n) is 6.47. The number of fused-ring (bicyclic) bond motifs is 1. The lowest BCUT2D eigenvalue weighted by atomic mass is 10.0. The standard InChI is InChI=1S/C16H13Cl2NO2/c1-9-3-5-11(12(17)7-9)15(18)10-4-6-13-14(8-10)21-16(20)19(13)2/h3-8,15H,1-2H3. The highest BCUT2D eigenvalue weighted by Crippen LogP contribution is 2.35. The van der Waals surface area contributed by atoms with Gasteiger partial charge in [-0.3, -0.25) is 4.57 Å². The predicted octanol–water partition coefficient (Wildman–Crippen LogP) is 4.42. The van der Waals surface area contributed by atoms with E-state index in [1.165, 1.54) is 4.57 Å². The lowest BCUT2D eigenvalue weighted by molar-refractivity contribution is 0.528. The van der Waals surface area contributed by atoms with E-state index >= 15 is 0 Å². The van der Waals surface area contributed by atoms with Gasteiger partial charge in [0.15, 0.2) is 5.58 Å². The molecule has 0 radical (unpaired) electrons. The van der Waals surface area contributed by atoms with Gasteiger partial charge in [-0.2, -0.15) is 0 Å². The highest BCUT2D eigenvalue weighted by Gasteiger charge is 2.16. The van der Waals surface area contributed by atoms with E-state index in [2.05, 4.69) is 0 Å². The Labute approximate surface area is 131 Å². The largest absolute Gasteiger partial charge is 0.419 e. The Morgan fingerprint density at radius 1 is 1.19 bits per heavy atom. The highest BCUT2D eigenvalue weighted by molar-refractivity contribution is 6.33. The van der Waals surface area contributed by atoms with Crippen LogP contribution < -0.4 is 5.76 Å². The normalized spacial score (nSPS) is 12.8. The summed E-state index contributed by atoms with van der Waals surface area (Å²) in [5.41, 5.74) is 4.01. The minimum Gasteiger partial charge on any atom is -0.408 e. The number of aryl methyl sites for hydroxylation is 2. The monoisotopic (exact) mass is 321 g/mol. The second kappa shape index (κ2) is 5.24. The topological polar surface area (TPSA) is 35.1 Å². The maximum absolute atomic E-state index is 11.5. The van der Waals surface area contributed by atoms with Gasteiger partial charge >= 0.3 is 5.76 Å². The summed E-state index contributed by atoms with van der Waals surface area (Å²) in [5.74, 6) is -0.387. The van der Waals surface area contributed by atoms with Crippen molar-refractivity contribution in [3.63, 3.8) is 0 Å². The fourth-order valence-corrected chi connectivity index (χ4v) is 3.05. The molecule has 5 heteroatoms. The van der Waals surface area contributed by atoms with Crippen molar-refractivity contribution >= 4 is 34.3 Å². The molecule has 1 unspecified atom stereocenters. The Hall–Kier alpha value is -1.71. The minimum atomic E-state index is -0.395. The molecule has 108 valence electrons. The maximum atomic E-state index is 11.5. The Morgan fingerprint density at radius 3 is 2.67 bits per heavy atom. The fourth-order valence-electron chi connectivity index (χ4n) is 2.33. The number of rotatable bonds is 2. The molecule has 1 aromatic heterocycles. The van der Waals surface area contributed by atoms with Crippen molar-refractivity contribution in [2.24, 2.45) is 7.05 Å². The number of hydrogen-bond acceptors (Lipinski definition) is 2. The van der Waals surface area contributed by atoms with Crippen molar-refractivity contribution < 1.29 is 4.42 Å². The third-order valence-corrected chi connectivity index (χ3v) is 4.35. The molecule has 3 rings (SSSR count). The second-order valence-corrected chi connectivity index (χ2v) is 5.89. The number of oxazole rings is 1. The van der Waals surface area contributed by atoms with Gasteiger partial charge in [-0.25, -0.2) is 4.79 Å². The van der Waals surface area contributed by atoms with Gasteiger partial charge in [-0.1, -0.05) is 29.8 Å². The van der Waals surface area contributed by atoms with Crippen molar-refractivity contribution in [2.45, 2.75) is 12.3 Å². The molecule has 1 heterocycles. The average molecular weight is 322 g/mol. The summed E-state index contributed by atoms with van der Waals surface area (Å²) in [7, 11) is 1.67. The van der Waals surface area contributed by atoms with Crippen LogP contribution in [-0.2, 0) is 7.05 Å². The zero-order valence-corrected chi connectivity index (χ0v) is 13.1. The van der Waals surface area contributed by atoms with Gasteiger partial charge in [0.05, 0.1) is 10.9 Å². The summed E-state index contributed by atoms with van der Waals surface area (Å²) >= 11 is 12.8. The van der Waals surface area contributed by atoms with Crippen LogP contribution in [-0.4, -0.2) is 4.57 Å². The molecule has 0 aliphatic heterocycles. The van der Waals surface area contributed by atoms with Gasteiger partial charge in [-0.05, 0) is 41.8 Å². The summed E-state index contributed by atoms with van der Waals surface area (Å²) in [6.45, 7) is 1.98. The number of aromatic nitrogens is 1. The van der Waals surface area contributed by atoms with Gasteiger partial charge in [0.1, 0.15) is 0 Å². The average Bonchev–Trinajstić information content (AvgIpc) is 2.73. The predicted molar refractivity (Wildman–Crippen MR) is 85.3 cm³/mol. The molecule has 21 heavy (non-hydrogen) atoms. The van der Waals surface area contributed by atoms with Gasteiger partial charge < -0.3 is 4.42 Å². The Balaban J connectivity index is 2.09. The van der Waals surface area contributed by atoms with Crippen molar-refractivity contribution in [3.05, 3.63) is 68.7 Å². The van der Waals surface area contributed by atoms with Crippen LogP contribution in [0.15, 0.2) is 45.6 Å². The fraction of sp³-hybridized carbons (Fsp3) is 0.188. The van der Waals surface area contributed by atoms with Crippen molar-refractivity contribution in [1.29, 1.82) is 0 Å². The summed E-state index contributed by atoms with van der Waals surface area (Å²) in [4.78, 5) is 11.5. The van der Waals surface area contributed by atoms with Crippen LogP contribution in [0, 0.1) is 6.92 Å². The number of halogens is 2. The van der Waals surface area contributed by atoms with Crippen LogP contribution in [0.3, 0.4) is 0 Å². The van der Waals surface area contributed by atoms with E-state index in [9.17, 15) is 4.79 Å². The van der Waals surface area contributed by atoms with Gasteiger partial charge in [0, 0.05) is 12.1 Å². The van der Waals surface area contributed by atoms with Crippen molar-refractivity contribution in [1.82, 2.24) is 4.57 Å². The van der Waals surface area contributed by atoms with E-state index in [0.29, 0.717) is 10.6 Å². The Morgan fingerprint density at radius 2 is 1.95 bits per heavy atom. The van der Waals surface area contributed by atoms with Gasteiger partial charge in [0.2, 0.25) is 0 Å². The van der Waals surface area contributed by atoms with Crippen LogP contribution in [0.2, 0.25) is 5.02 Å². The minimum absolute atomic E-state index is 0.387. The van der Waals surface area contributed by atoms with E-state index in [0.717, 1.165) is 22.2 Å². The van der Waals surface area contributed by atoms with Crippen LogP contribution in [0.25, 0.3) is 11.1 Å². The van der Waals surface area contributed by atoms with E-state index in [-0.39, 0.29) is 5.76 Å². The van der Waals surface area contributed by atoms with Crippen LogP contribution in [0.5, 0.6) is 0 Å². The van der Waals surface area contributed by atoms with Crippen LogP contribution in [0.4, 0.5) is 0 Å². The lowest BCUT2D eigenvalue weighted by Crippen LogP contribution is -2.08. The zero-order chi connectivity index (χ0) is 15.1. The molecule has 0 saturated carbocycles. The van der Waals surface area contributed by atoms with Gasteiger partial charge in [0.25, 0.3) is 0 Å². The van der Waals surface area contributed by atoms with E-state index < -0.39 is 5.38 Å². The molecule has 3 aromatic rings. The molecule has 0 saturated heterocycles. The molecular formula is C16H13Cl2NO2. The molecule has 1 atom stereocenters. The first-order valence-corrected chi connectivity index (χ1v) is 7.28. The zero-order valence-electron chi connectivity index (χ0n) is 11.6. The smallest absolute Gasteiger partial charge is 0.408 e. The SMILES string of the molecule is Cc1ccc(C(Cl)c2ccc3c(c2)oc(=O)n3C)c(Cl)c1. The summed E-state index contributed by atoms with van der Waals surface area (Å²) < 4.78 is 6.65. The third-order valence-electron chi connectivity index (χ3n) is 3.54. The Bertz CT molecular complexity index is 880. The molecule has 0 spiro atoms. The quantitative estimate of drug-likeness (QED) is 0.655. The van der Waals surface area contributed by atoms with Gasteiger partial charge in [-0.15, -0.1) is 11.6 Å². The molecule has 2 aromatic carbocycles. The highest BCUT2D eigenvalue weighted by atomic mass is 35.5. The van der Waals surface area contributed by atoms with E-state index in [4.69, 9.17) is 27.6 Å². The molecule has 0 aliphatic rings. The molecule has 0 aliphatic carbocycles. The lowest BCUT2D eigenvalue weighted by Gasteiger charge is -2.12. The third kappa shape index (κ3) is 2.47. The van der Waals surface area contributed by atoms with E-state index in [1.807, 2.05) is 37.3 Å². The summed E-state index contributed by atoms with van der Waals surface area (Å²) in [6, 6.07) is 11.3. The van der Waals surface area contributed by atoms with Crippen LogP contribution >= 0.6 is 23.2 Å². The molecule has 3 nitrogen and oxygen atoms in total. The number of alkyl halides is 1. The van der Waals surface area contributed by atoms with Crippen molar-refractivity contribution in [3.8, 4) is 0 Å². The molecular weight excluding hydrogens is 309 g/mol. The Kier molecular flexibility index (Phi) is 3.56.